The van der Waals surface area contributed by atoms with E-state index in [9.17, 15) is 0 Å². The fraction of sp³-hybridized carbons (Fsp3) is 0.600. The van der Waals surface area contributed by atoms with Crippen molar-refractivity contribution in [3.05, 3.63) is 70.4 Å². The van der Waals surface area contributed by atoms with E-state index in [0.717, 1.165) is 38.0 Å². The molecule has 1 unspecified atom stereocenters. The molecule has 1 N–H and O–H groups in total. The van der Waals surface area contributed by atoms with Crippen molar-refractivity contribution in [3.8, 4) is 0 Å². The highest BCUT2D eigenvalue weighted by molar-refractivity contribution is 5.10. The van der Waals surface area contributed by atoms with Gasteiger partial charge in [-0.3, -0.25) is 0 Å². The largest absolute Gasteiger partial charge is 0.392 e. The van der Waals surface area contributed by atoms with Gasteiger partial charge in [0.1, 0.15) is 0 Å². The average molecular weight is 427 g/mol. The van der Waals surface area contributed by atoms with Gasteiger partial charge >= 0.3 is 0 Å². The highest BCUT2D eigenvalue weighted by atomic mass is 16.2. The quantitative estimate of drug-likeness (QED) is 0.326. The number of aliphatic hydroxyl groups excluding tert-OH is 1. The van der Waals surface area contributed by atoms with Crippen LogP contribution < -0.4 is 0 Å². The van der Waals surface area contributed by atoms with E-state index in [-0.39, 0.29) is 6.61 Å². The van der Waals surface area contributed by atoms with Crippen molar-refractivity contribution in [3.63, 3.8) is 0 Å². The molecule has 0 radical (unpaired) electrons. The van der Waals surface area contributed by atoms with Gasteiger partial charge in [-0.2, -0.15) is 0 Å². The van der Waals surface area contributed by atoms with Crippen molar-refractivity contribution in [2.75, 3.05) is 6.61 Å². The van der Waals surface area contributed by atoms with Crippen LogP contribution in [0.3, 0.4) is 0 Å². The minimum atomic E-state index is 0.158. The predicted molar refractivity (Wildman–Crippen MR) is 141 cm³/mol. The van der Waals surface area contributed by atoms with Gasteiger partial charge in [-0.15, -0.1) is 0 Å². The summed E-state index contributed by atoms with van der Waals surface area (Å²) >= 11 is 0. The Balaban J connectivity index is 0.000000743. The van der Waals surface area contributed by atoms with Gasteiger partial charge in [-0.25, -0.2) is 0 Å². The van der Waals surface area contributed by atoms with Gasteiger partial charge in [0.15, 0.2) is 0 Å². The van der Waals surface area contributed by atoms with Crippen LogP contribution in [0, 0.1) is 5.92 Å². The van der Waals surface area contributed by atoms with E-state index in [4.69, 9.17) is 5.11 Å². The number of hydrogen-bond acceptors (Lipinski definition) is 1. The van der Waals surface area contributed by atoms with Gasteiger partial charge < -0.3 is 5.11 Å². The first-order valence-electron chi connectivity index (χ1n) is 12.2. The summed E-state index contributed by atoms with van der Waals surface area (Å²) in [7, 11) is 0. The van der Waals surface area contributed by atoms with Crippen LogP contribution in [0.4, 0.5) is 0 Å². The van der Waals surface area contributed by atoms with Crippen molar-refractivity contribution >= 4 is 0 Å². The summed E-state index contributed by atoms with van der Waals surface area (Å²) in [5.74, 6) is 0.767. The summed E-state index contributed by atoms with van der Waals surface area (Å²) in [6, 6.07) is 0. The van der Waals surface area contributed by atoms with Gasteiger partial charge in [0.05, 0.1) is 6.61 Å². The zero-order valence-corrected chi connectivity index (χ0v) is 21.7. The smallest absolute Gasteiger partial charge is 0.0614 e. The van der Waals surface area contributed by atoms with E-state index < -0.39 is 0 Å². The number of rotatable bonds is 11. The molecule has 0 aromatic rings. The maximum absolute atomic E-state index is 8.80. The molecule has 1 aliphatic rings. The van der Waals surface area contributed by atoms with Crippen LogP contribution in [0.15, 0.2) is 70.4 Å². The molecular weight excluding hydrogens is 376 g/mol. The normalized spacial score (nSPS) is 17.5. The Kier molecular flexibility index (Phi) is 17.1. The Morgan fingerprint density at radius 2 is 1.35 bits per heavy atom. The third kappa shape index (κ3) is 17.7. The summed E-state index contributed by atoms with van der Waals surface area (Å²) in [6.45, 7) is 19.3. The molecule has 0 spiro atoms. The molecule has 0 aromatic carbocycles. The Bertz CT molecular complexity index is 663. The minimum absolute atomic E-state index is 0.158. The van der Waals surface area contributed by atoms with Crippen LogP contribution in [0.1, 0.15) is 106 Å². The molecule has 0 saturated heterocycles. The Hall–Kier alpha value is -1.60. The second kappa shape index (κ2) is 18.0. The second-order valence-electron chi connectivity index (χ2n) is 9.60. The monoisotopic (exact) mass is 426 g/mol. The highest BCUT2D eigenvalue weighted by Crippen LogP contribution is 2.27. The lowest BCUT2D eigenvalue weighted by Crippen LogP contribution is -2.04. The van der Waals surface area contributed by atoms with Crippen LogP contribution in [0.5, 0.6) is 0 Å². The molecular formula is C30H50O. The number of hydrogen-bond donors (Lipinski definition) is 1. The Morgan fingerprint density at radius 1 is 0.871 bits per heavy atom. The molecule has 0 aliphatic heterocycles. The molecule has 1 aliphatic carbocycles. The summed E-state index contributed by atoms with van der Waals surface area (Å²) < 4.78 is 0. The topological polar surface area (TPSA) is 20.2 Å². The Morgan fingerprint density at radius 3 is 1.74 bits per heavy atom. The first-order chi connectivity index (χ1) is 14.6. The SMILES string of the molecule is C=C(C)C1CC=C(C)CC1.CC(C)=CCC/C(C)=C/CC/C(C)=C/CC/C(C)=C/CO. The molecule has 0 bridgehead atoms. The molecule has 1 atom stereocenters. The molecule has 0 amide bonds. The molecule has 0 saturated carbocycles. The summed E-state index contributed by atoms with van der Waals surface area (Å²) in [6.07, 6.45) is 21.9. The first-order valence-corrected chi connectivity index (χ1v) is 12.2. The average Bonchev–Trinajstić information content (AvgIpc) is 2.68. The van der Waals surface area contributed by atoms with Gasteiger partial charge in [0.2, 0.25) is 0 Å². The van der Waals surface area contributed by atoms with Crippen molar-refractivity contribution < 1.29 is 5.11 Å². The molecule has 0 aromatic heterocycles. The maximum atomic E-state index is 8.80. The van der Waals surface area contributed by atoms with E-state index in [1.165, 1.54) is 53.5 Å². The fourth-order valence-corrected chi connectivity index (χ4v) is 3.56. The van der Waals surface area contributed by atoms with Crippen LogP contribution in [0.25, 0.3) is 0 Å². The van der Waals surface area contributed by atoms with Crippen LogP contribution in [-0.2, 0) is 0 Å². The van der Waals surface area contributed by atoms with E-state index in [1.807, 2.05) is 6.08 Å². The van der Waals surface area contributed by atoms with E-state index in [1.54, 1.807) is 5.57 Å². The summed E-state index contributed by atoms with van der Waals surface area (Å²) in [5.41, 5.74) is 8.56. The summed E-state index contributed by atoms with van der Waals surface area (Å²) in [4.78, 5) is 0. The van der Waals surface area contributed by atoms with Crippen LogP contribution in [0.2, 0.25) is 0 Å². The maximum Gasteiger partial charge on any atom is 0.0614 e. The fourth-order valence-electron chi connectivity index (χ4n) is 3.56. The summed E-state index contributed by atoms with van der Waals surface area (Å²) in [5, 5.41) is 8.80. The molecule has 31 heavy (non-hydrogen) atoms. The van der Waals surface area contributed by atoms with E-state index in [0.29, 0.717) is 0 Å². The molecule has 1 nitrogen and oxygen atoms in total. The molecule has 1 heteroatoms. The zero-order valence-electron chi connectivity index (χ0n) is 21.7. The molecule has 0 fully saturated rings. The van der Waals surface area contributed by atoms with Crippen molar-refractivity contribution in [1.82, 2.24) is 0 Å². The first kappa shape index (κ1) is 29.4. The van der Waals surface area contributed by atoms with Gasteiger partial charge in [0, 0.05) is 0 Å². The standard InChI is InChI=1S/C20H34O.C10H16/c1-17(2)9-6-10-18(3)11-7-12-19(4)13-8-14-20(5)15-16-21;1-8(2)10-6-4-9(3)5-7-10/h9,11,13,15,21H,6-8,10,12,14,16H2,1-5H3;4,10H,1,5-7H2,2-3H3/b18-11+,19-13+,20-15+;. The van der Waals surface area contributed by atoms with Gasteiger partial charge in [-0.05, 0) is 112 Å². The Labute approximate surface area is 194 Å². The highest BCUT2D eigenvalue weighted by Gasteiger charge is 2.11. The van der Waals surface area contributed by atoms with E-state index >= 15 is 0 Å². The number of aliphatic hydroxyl groups is 1. The molecule has 0 heterocycles. The number of allylic oxidation sites excluding steroid dienone is 10. The van der Waals surface area contributed by atoms with Crippen molar-refractivity contribution in [2.24, 2.45) is 5.92 Å². The van der Waals surface area contributed by atoms with Gasteiger partial charge in [-0.1, -0.05) is 70.4 Å². The van der Waals surface area contributed by atoms with Crippen LogP contribution >= 0.6 is 0 Å². The predicted octanol–water partition coefficient (Wildman–Crippen LogP) is 9.43. The third-order valence-corrected chi connectivity index (χ3v) is 5.93. The lowest BCUT2D eigenvalue weighted by Gasteiger charge is -2.19. The van der Waals surface area contributed by atoms with Crippen LogP contribution in [-0.4, -0.2) is 11.7 Å². The lowest BCUT2D eigenvalue weighted by molar-refractivity contribution is 0.341. The third-order valence-electron chi connectivity index (χ3n) is 5.93. The zero-order chi connectivity index (χ0) is 23.6. The molecule has 1 rings (SSSR count). The van der Waals surface area contributed by atoms with E-state index in [2.05, 4.69) is 79.3 Å². The molecule has 176 valence electrons. The minimum Gasteiger partial charge on any atom is -0.392 e. The second-order valence-corrected chi connectivity index (χ2v) is 9.60. The lowest BCUT2D eigenvalue weighted by atomic mass is 9.86. The van der Waals surface area contributed by atoms with Crippen molar-refractivity contribution in [1.29, 1.82) is 0 Å². The van der Waals surface area contributed by atoms with Crippen molar-refractivity contribution in [2.45, 2.75) is 106 Å². The van der Waals surface area contributed by atoms with Gasteiger partial charge in [0.25, 0.3) is 0 Å².